The maximum Gasteiger partial charge on any atom is 0.291 e. The molecule has 0 unspecified atom stereocenters. The Morgan fingerprint density at radius 1 is 1.17 bits per heavy atom. The molecule has 4 heterocycles. The number of rotatable bonds is 2. The van der Waals surface area contributed by atoms with E-state index in [1.54, 1.807) is 9.80 Å². The lowest BCUT2D eigenvalue weighted by atomic mass is 9.89. The molecule has 0 aliphatic carbocycles. The lowest BCUT2D eigenvalue weighted by Gasteiger charge is -2.37. The second kappa shape index (κ2) is 6.94. The number of fused-ring (bicyclic) bond motifs is 1. The first-order valence-electron chi connectivity index (χ1n) is 10.2. The summed E-state index contributed by atoms with van der Waals surface area (Å²) in [5.41, 5.74) is 0.272. The van der Waals surface area contributed by atoms with Crippen molar-refractivity contribution in [3.63, 3.8) is 0 Å². The van der Waals surface area contributed by atoms with Gasteiger partial charge in [-0.2, -0.15) is 0 Å². The molecule has 5 rings (SSSR count). The number of likely N-dealkylation sites (tertiary alicyclic amines) is 1. The second-order valence-corrected chi connectivity index (χ2v) is 8.35. The predicted octanol–water partition coefficient (Wildman–Crippen LogP) is 2.22. The third kappa shape index (κ3) is 3.03. The van der Waals surface area contributed by atoms with Crippen molar-refractivity contribution in [2.75, 3.05) is 19.6 Å². The lowest BCUT2D eigenvalue weighted by molar-refractivity contribution is -0.146. The van der Waals surface area contributed by atoms with Crippen LogP contribution < -0.4 is 0 Å². The van der Waals surface area contributed by atoms with Crippen molar-refractivity contribution >= 4 is 23.4 Å². The first kappa shape index (κ1) is 19.3. The lowest BCUT2D eigenvalue weighted by Crippen LogP contribution is -2.52. The molecule has 2 atom stereocenters. The minimum Gasteiger partial charge on any atom is -0.342 e. The third-order valence-electron chi connectivity index (χ3n) is 6.39. The Morgan fingerprint density at radius 2 is 1.87 bits per heavy atom. The van der Waals surface area contributed by atoms with Crippen molar-refractivity contribution in [1.29, 1.82) is 0 Å². The molecule has 7 nitrogen and oxygen atoms in total. The van der Waals surface area contributed by atoms with Crippen LogP contribution in [-0.4, -0.2) is 64.6 Å². The minimum atomic E-state index is -0.983. The maximum atomic E-state index is 13.7. The number of piperidine rings is 1. The van der Waals surface area contributed by atoms with Crippen LogP contribution in [0.3, 0.4) is 0 Å². The van der Waals surface area contributed by atoms with E-state index in [0.29, 0.717) is 50.9 Å². The number of halogens is 2. The van der Waals surface area contributed by atoms with Crippen molar-refractivity contribution in [3.8, 4) is 0 Å². The van der Waals surface area contributed by atoms with Crippen LogP contribution in [-0.2, 0) is 14.3 Å². The number of carbonyl (C=O) groups is 2. The summed E-state index contributed by atoms with van der Waals surface area (Å²) in [6.07, 6.45) is 1.57. The fraction of sp³-hybridized carbons (Fsp3) is 0.524. The van der Waals surface area contributed by atoms with Crippen LogP contribution in [0.25, 0.3) is 0 Å². The van der Waals surface area contributed by atoms with E-state index in [1.165, 1.54) is 12.1 Å². The largest absolute Gasteiger partial charge is 0.342 e. The number of hydrogen-bond donors (Lipinski definition) is 0. The van der Waals surface area contributed by atoms with E-state index in [-0.39, 0.29) is 17.6 Å². The predicted molar refractivity (Wildman–Crippen MR) is 104 cm³/mol. The number of amides is 2. The highest BCUT2D eigenvalue weighted by atomic mass is 19.1. The van der Waals surface area contributed by atoms with Gasteiger partial charge >= 0.3 is 0 Å². The van der Waals surface area contributed by atoms with E-state index in [1.807, 2.05) is 6.92 Å². The third-order valence-corrected chi connectivity index (χ3v) is 6.39. The standard InChI is InChI=1S/C21H22F2N4O3/c1-12-11-24-18(25-12)19(28)26-6-4-21(5-7-26)20(29)27-16(2-3-17(27)30-21)13-8-14(22)10-15(23)9-13/h8-10,16-17H,2-7,11H2,1H3/t16-,17+/m0/s1. The molecule has 0 saturated carbocycles. The van der Waals surface area contributed by atoms with E-state index in [0.717, 1.165) is 11.8 Å². The fourth-order valence-corrected chi connectivity index (χ4v) is 4.91. The number of ether oxygens (including phenoxy) is 1. The molecule has 3 fully saturated rings. The van der Waals surface area contributed by atoms with E-state index in [4.69, 9.17) is 4.74 Å². The highest BCUT2D eigenvalue weighted by molar-refractivity contribution is 6.41. The highest BCUT2D eigenvalue weighted by Crippen LogP contribution is 2.47. The molecule has 1 aromatic carbocycles. The Kier molecular flexibility index (Phi) is 4.46. The van der Waals surface area contributed by atoms with Crippen LogP contribution in [0.1, 0.15) is 44.2 Å². The zero-order valence-corrected chi connectivity index (χ0v) is 16.6. The number of hydrogen-bond acceptors (Lipinski definition) is 5. The van der Waals surface area contributed by atoms with Gasteiger partial charge in [0.2, 0.25) is 5.84 Å². The molecular formula is C21H22F2N4O3. The summed E-state index contributed by atoms with van der Waals surface area (Å²) in [6.45, 7) is 3.02. The van der Waals surface area contributed by atoms with Crippen LogP contribution >= 0.6 is 0 Å². The average Bonchev–Trinajstić information content (AvgIpc) is 3.38. The summed E-state index contributed by atoms with van der Waals surface area (Å²) < 4.78 is 33.6. The summed E-state index contributed by atoms with van der Waals surface area (Å²) in [6, 6.07) is 2.98. The molecule has 0 bridgehead atoms. The van der Waals surface area contributed by atoms with Crippen LogP contribution in [0.2, 0.25) is 0 Å². The monoisotopic (exact) mass is 416 g/mol. The van der Waals surface area contributed by atoms with Crippen molar-refractivity contribution in [2.45, 2.75) is 50.5 Å². The van der Waals surface area contributed by atoms with Gasteiger partial charge in [0, 0.05) is 37.7 Å². The molecule has 0 radical (unpaired) electrons. The maximum absolute atomic E-state index is 13.7. The molecule has 2 amide bonds. The van der Waals surface area contributed by atoms with E-state index < -0.39 is 29.5 Å². The average molecular weight is 416 g/mol. The summed E-state index contributed by atoms with van der Waals surface area (Å²) in [7, 11) is 0. The number of amidine groups is 1. The van der Waals surface area contributed by atoms with Gasteiger partial charge in [-0.25, -0.2) is 13.8 Å². The van der Waals surface area contributed by atoms with Gasteiger partial charge in [-0.1, -0.05) is 0 Å². The van der Waals surface area contributed by atoms with Crippen molar-refractivity contribution in [1.82, 2.24) is 9.80 Å². The highest BCUT2D eigenvalue weighted by Gasteiger charge is 2.58. The molecule has 158 valence electrons. The Labute approximate surface area is 172 Å². The number of benzene rings is 1. The molecule has 4 aliphatic rings. The van der Waals surface area contributed by atoms with Gasteiger partial charge < -0.3 is 14.5 Å². The van der Waals surface area contributed by atoms with Crippen molar-refractivity contribution in [2.24, 2.45) is 9.98 Å². The first-order valence-corrected chi connectivity index (χ1v) is 10.2. The zero-order chi connectivity index (χ0) is 21.0. The van der Waals surface area contributed by atoms with Gasteiger partial charge in [0.1, 0.15) is 17.9 Å². The molecular weight excluding hydrogens is 394 g/mol. The van der Waals surface area contributed by atoms with Gasteiger partial charge in [0.25, 0.3) is 11.8 Å². The Hall–Kier alpha value is -2.68. The summed E-state index contributed by atoms with van der Waals surface area (Å²) >= 11 is 0. The van der Waals surface area contributed by atoms with Gasteiger partial charge in [0.05, 0.1) is 12.6 Å². The van der Waals surface area contributed by atoms with E-state index in [9.17, 15) is 18.4 Å². The van der Waals surface area contributed by atoms with Crippen LogP contribution in [0.15, 0.2) is 28.2 Å². The van der Waals surface area contributed by atoms with Crippen molar-refractivity contribution in [3.05, 3.63) is 35.4 Å². The molecule has 3 saturated heterocycles. The second-order valence-electron chi connectivity index (χ2n) is 8.35. The molecule has 30 heavy (non-hydrogen) atoms. The first-order chi connectivity index (χ1) is 14.4. The number of carbonyl (C=O) groups excluding carboxylic acids is 2. The number of nitrogens with zero attached hydrogens (tertiary/aromatic N) is 4. The number of aliphatic imine (C=N–C) groups is 2. The van der Waals surface area contributed by atoms with Crippen LogP contribution in [0.4, 0.5) is 8.78 Å². The van der Waals surface area contributed by atoms with Crippen LogP contribution in [0.5, 0.6) is 0 Å². The van der Waals surface area contributed by atoms with Gasteiger partial charge in [-0.05, 0) is 37.5 Å². The van der Waals surface area contributed by atoms with Gasteiger partial charge in [-0.3, -0.25) is 14.6 Å². The Morgan fingerprint density at radius 3 is 2.50 bits per heavy atom. The summed E-state index contributed by atoms with van der Waals surface area (Å²) in [4.78, 5) is 37.6. The van der Waals surface area contributed by atoms with Crippen molar-refractivity contribution < 1.29 is 23.1 Å². The zero-order valence-electron chi connectivity index (χ0n) is 16.6. The Balaban J connectivity index is 1.31. The summed E-state index contributed by atoms with van der Waals surface area (Å²) in [5.74, 6) is -1.47. The molecule has 1 aromatic rings. The van der Waals surface area contributed by atoms with Crippen LogP contribution in [0, 0.1) is 11.6 Å². The van der Waals surface area contributed by atoms with Gasteiger partial charge in [-0.15, -0.1) is 0 Å². The topological polar surface area (TPSA) is 74.6 Å². The normalized spacial score (nSPS) is 27.5. The van der Waals surface area contributed by atoms with E-state index in [2.05, 4.69) is 9.98 Å². The Bertz CT molecular complexity index is 964. The fourth-order valence-electron chi connectivity index (χ4n) is 4.91. The quantitative estimate of drug-likeness (QED) is 0.742. The summed E-state index contributed by atoms with van der Waals surface area (Å²) in [5, 5.41) is 0. The molecule has 1 spiro atoms. The minimum absolute atomic E-state index is 0.154. The molecule has 0 N–H and O–H groups in total. The smallest absolute Gasteiger partial charge is 0.291 e. The van der Waals surface area contributed by atoms with Gasteiger partial charge in [0.15, 0.2) is 5.60 Å². The molecule has 4 aliphatic heterocycles. The van der Waals surface area contributed by atoms with E-state index >= 15 is 0 Å². The SMILES string of the molecule is CC1=NC(C(=O)N2CCC3(CC2)O[C@@H]2CC[C@@H](c4cc(F)cc(F)c4)N2C3=O)=NC1. The molecule has 0 aromatic heterocycles. The molecule has 9 heteroatoms.